The van der Waals surface area contributed by atoms with Crippen molar-refractivity contribution in [1.29, 1.82) is 0 Å². The predicted octanol–water partition coefficient (Wildman–Crippen LogP) is -0.00420. The molecule has 0 atom stereocenters. The molecule has 0 aromatic carbocycles. The Kier molecular flexibility index (Phi) is 1.84. The molecule has 2 saturated heterocycles. The topological polar surface area (TPSA) is 40.6 Å². The van der Waals surface area contributed by atoms with Gasteiger partial charge in [-0.25, -0.2) is 0 Å². The molecular formula is C7H10N2O2S. The molecule has 12 heavy (non-hydrogen) atoms. The molecule has 2 aliphatic heterocycles. The van der Waals surface area contributed by atoms with Crippen molar-refractivity contribution >= 4 is 22.9 Å². The first-order valence-electron chi connectivity index (χ1n) is 3.86. The van der Waals surface area contributed by atoms with Crippen LogP contribution < -0.4 is 0 Å². The van der Waals surface area contributed by atoms with E-state index in [9.17, 15) is 9.59 Å². The second kappa shape index (κ2) is 2.74. The summed E-state index contributed by atoms with van der Waals surface area (Å²) >= 11 is 1.11. The summed E-state index contributed by atoms with van der Waals surface area (Å²) < 4.78 is 0. The van der Waals surface area contributed by atoms with Crippen molar-refractivity contribution in [2.75, 3.05) is 25.9 Å². The maximum atomic E-state index is 11.2. The van der Waals surface area contributed by atoms with Gasteiger partial charge in [-0.3, -0.25) is 14.5 Å². The zero-order chi connectivity index (χ0) is 8.72. The highest BCUT2D eigenvalue weighted by Gasteiger charge is 2.40. The van der Waals surface area contributed by atoms with Crippen LogP contribution in [0, 0.1) is 0 Å². The molecule has 5 heteroatoms. The van der Waals surface area contributed by atoms with Crippen molar-refractivity contribution in [3.63, 3.8) is 0 Å². The number of rotatable bonds is 1. The van der Waals surface area contributed by atoms with Crippen LogP contribution in [0.25, 0.3) is 0 Å². The second-order valence-electron chi connectivity index (χ2n) is 3.19. The summed E-state index contributed by atoms with van der Waals surface area (Å²) in [6, 6.07) is 0.144. The Bertz CT molecular complexity index is 222. The minimum Gasteiger partial charge on any atom is -0.302 e. The van der Waals surface area contributed by atoms with Gasteiger partial charge in [-0.2, -0.15) is 0 Å². The fourth-order valence-electron chi connectivity index (χ4n) is 1.55. The van der Waals surface area contributed by atoms with Crippen LogP contribution >= 0.6 is 11.8 Å². The average molecular weight is 186 g/mol. The number of carbonyl (C=O) groups excluding carboxylic acids is 2. The van der Waals surface area contributed by atoms with E-state index in [1.165, 1.54) is 4.90 Å². The van der Waals surface area contributed by atoms with Gasteiger partial charge in [0, 0.05) is 13.1 Å². The maximum Gasteiger partial charge on any atom is 0.289 e. The minimum absolute atomic E-state index is 0.0249. The van der Waals surface area contributed by atoms with E-state index >= 15 is 0 Å². The number of nitrogens with zero attached hydrogens (tertiary/aromatic N) is 2. The Hall–Kier alpha value is -0.550. The molecule has 4 nitrogen and oxygen atoms in total. The fraction of sp³-hybridized carbons (Fsp3) is 0.714. The van der Waals surface area contributed by atoms with Gasteiger partial charge in [0.1, 0.15) is 0 Å². The maximum absolute atomic E-state index is 11.2. The molecule has 2 heterocycles. The number of likely N-dealkylation sites (N-methyl/N-ethyl adjacent to an activating group) is 1. The number of hydrogen-bond acceptors (Lipinski definition) is 4. The van der Waals surface area contributed by atoms with E-state index in [1.54, 1.807) is 0 Å². The van der Waals surface area contributed by atoms with Crippen LogP contribution in [-0.2, 0) is 4.79 Å². The molecule has 0 bridgehead atoms. The van der Waals surface area contributed by atoms with Crippen molar-refractivity contribution in [1.82, 2.24) is 9.80 Å². The van der Waals surface area contributed by atoms with Crippen molar-refractivity contribution in [3.05, 3.63) is 0 Å². The first-order chi connectivity index (χ1) is 5.68. The van der Waals surface area contributed by atoms with Gasteiger partial charge in [0.15, 0.2) is 0 Å². The summed E-state index contributed by atoms with van der Waals surface area (Å²) in [7, 11) is 1.98. The smallest absolute Gasteiger partial charge is 0.289 e. The Morgan fingerprint density at radius 3 is 2.50 bits per heavy atom. The Morgan fingerprint density at radius 1 is 1.42 bits per heavy atom. The largest absolute Gasteiger partial charge is 0.302 e. The number of amides is 2. The van der Waals surface area contributed by atoms with Gasteiger partial charge >= 0.3 is 0 Å². The Morgan fingerprint density at radius 2 is 2.08 bits per heavy atom. The molecule has 0 saturated carbocycles. The number of carbonyl (C=O) groups is 2. The highest BCUT2D eigenvalue weighted by molar-refractivity contribution is 8.14. The summed E-state index contributed by atoms with van der Waals surface area (Å²) in [6.45, 7) is 1.66. The third-order valence-electron chi connectivity index (χ3n) is 2.19. The standard InChI is InChI=1S/C7H10N2O2S/c1-8-2-5(3-8)9-6(10)4-12-7(9)11/h5H,2-4H2,1H3. The van der Waals surface area contributed by atoms with Gasteiger partial charge in [0.05, 0.1) is 11.8 Å². The van der Waals surface area contributed by atoms with E-state index in [2.05, 4.69) is 4.90 Å². The molecule has 2 rings (SSSR count). The van der Waals surface area contributed by atoms with Gasteiger partial charge in [0.25, 0.3) is 5.24 Å². The molecule has 0 radical (unpaired) electrons. The van der Waals surface area contributed by atoms with E-state index < -0.39 is 0 Å². The number of likely N-dealkylation sites (tertiary alicyclic amines) is 1. The molecule has 0 aromatic heterocycles. The zero-order valence-electron chi connectivity index (χ0n) is 6.82. The molecule has 0 unspecified atom stereocenters. The first kappa shape index (κ1) is 8.07. The summed E-state index contributed by atoms with van der Waals surface area (Å²) in [4.78, 5) is 25.9. The summed E-state index contributed by atoms with van der Waals surface area (Å²) in [6.07, 6.45) is 0. The normalized spacial score (nSPS) is 26.6. The van der Waals surface area contributed by atoms with Crippen LogP contribution in [0.5, 0.6) is 0 Å². The molecule has 0 aliphatic carbocycles. The molecule has 66 valence electrons. The lowest BCUT2D eigenvalue weighted by molar-refractivity contribution is -0.128. The summed E-state index contributed by atoms with van der Waals surface area (Å²) in [5, 5.41) is -0.0712. The van der Waals surface area contributed by atoms with Gasteiger partial charge < -0.3 is 4.90 Å². The molecular weight excluding hydrogens is 176 g/mol. The zero-order valence-corrected chi connectivity index (χ0v) is 7.63. The molecule has 2 aliphatic rings. The first-order valence-corrected chi connectivity index (χ1v) is 4.84. The minimum atomic E-state index is -0.0712. The van der Waals surface area contributed by atoms with Gasteiger partial charge in [0.2, 0.25) is 5.91 Å². The fourth-order valence-corrected chi connectivity index (χ4v) is 2.32. The average Bonchev–Trinajstić information content (AvgIpc) is 2.26. The van der Waals surface area contributed by atoms with Crippen LogP contribution in [0.4, 0.5) is 4.79 Å². The predicted molar refractivity (Wildman–Crippen MR) is 46.0 cm³/mol. The van der Waals surface area contributed by atoms with Crippen LogP contribution in [0.3, 0.4) is 0 Å². The van der Waals surface area contributed by atoms with Crippen molar-refractivity contribution < 1.29 is 9.59 Å². The van der Waals surface area contributed by atoms with Gasteiger partial charge in [-0.05, 0) is 7.05 Å². The van der Waals surface area contributed by atoms with Crippen LogP contribution in [0.1, 0.15) is 0 Å². The van der Waals surface area contributed by atoms with E-state index in [-0.39, 0.29) is 17.2 Å². The summed E-state index contributed by atoms with van der Waals surface area (Å²) in [5.74, 6) is 0.307. The Balaban J connectivity index is 2.03. The SMILES string of the molecule is CN1CC(N2C(=O)CSC2=O)C1. The second-order valence-corrected chi connectivity index (χ2v) is 4.12. The molecule has 0 N–H and O–H groups in total. The van der Waals surface area contributed by atoms with Crippen molar-refractivity contribution in [2.45, 2.75) is 6.04 Å². The summed E-state index contributed by atoms with van der Waals surface area (Å²) in [5.41, 5.74) is 0. The van der Waals surface area contributed by atoms with Crippen molar-refractivity contribution in [3.8, 4) is 0 Å². The number of hydrogen-bond donors (Lipinski definition) is 0. The highest BCUT2D eigenvalue weighted by Crippen LogP contribution is 2.24. The highest BCUT2D eigenvalue weighted by atomic mass is 32.2. The Labute approximate surface area is 74.9 Å². The van der Waals surface area contributed by atoms with E-state index in [0.717, 1.165) is 24.9 Å². The van der Waals surface area contributed by atoms with Crippen LogP contribution in [0.2, 0.25) is 0 Å². The third-order valence-corrected chi connectivity index (χ3v) is 3.03. The van der Waals surface area contributed by atoms with Crippen molar-refractivity contribution in [2.24, 2.45) is 0 Å². The monoisotopic (exact) mass is 186 g/mol. The van der Waals surface area contributed by atoms with E-state index in [4.69, 9.17) is 0 Å². The molecule has 2 fully saturated rings. The van der Waals surface area contributed by atoms with Crippen LogP contribution in [0.15, 0.2) is 0 Å². The van der Waals surface area contributed by atoms with Crippen LogP contribution in [-0.4, -0.2) is 52.9 Å². The molecule has 0 spiro atoms. The lowest BCUT2D eigenvalue weighted by Gasteiger charge is -2.40. The number of imide groups is 1. The molecule has 2 amide bonds. The van der Waals surface area contributed by atoms with E-state index in [0.29, 0.717) is 5.75 Å². The lowest BCUT2D eigenvalue weighted by Crippen LogP contribution is -2.58. The molecule has 0 aromatic rings. The number of thioether (sulfide) groups is 1. The third kappa shape index (κ3) is 1.13. The van der Waals surface area contributed by atoms with Gasteiger partial charge in [-0.15, -0.1) is 0 Å². The van der Waals surface area contributed by atoms with E-state index in [1.807, 2.05) is 7.05 Å². The van der Waals surface area contributed by atoms with Gasteiger partial charge in [-0.1, -0.05) is 11.8 Å². The quantitative estimate of drug-likeness (QED) is 0.578. The lowest BCUT2D eigenvalue weighted by atomic mass is 10.1.